The van der Waals surface area contributed by atoms with Crippen LogP contribution in [0.2, 0.25) is 0 Å². The number of fused-ring (bicyclic) bond motifs is 2. The van der Waals surface area contributed by atoms with E-state index in [4.69, 9.17) is 14.2 Å². The molecule has 0 bridgehead atoms. The molecule has 2 aliphatic heterocycles. The van der Waals surface area contributed by atoms with Crippen molar-refractivity contribution < 1.29 is 23.5 Å². The molecule has 5 nitrogen and oxygen atoms in total. The predicted molar refractivity (Wildman–Crippen MR) is 127 cm³/mol. The van der Waals surface area contributed by atoms with Crippen molar-refractivity contribution in [1.29, 1.82) is 0 Å². The largest absolute Gasteiger partial charge is 0.493 e. The van der Waals surface area contributed by atoms with Crippen LogP contribution in [0.15, 0.2) is 78.9 Å². The van der Waals surface area contributed by atoms with Crippen LogP contribution in [0.25, 0.3) is 0 Å². The lowest BCUT2D eigenvalue weighted by atomic mass is 9.88. The first kappa shape index (κ1) is 21.5. The molecule has 2 heterocycles. The standard InChI is InChI=1S/C28H30NO4/c1-29(17-9-19-31-21-10-3-2-4-11-21)18-16-22(20-29)32-28(30)27-23-12-5-7-14-25(23)33-26-15-8-6-13-24(26)27/h2-8,10-15,22,27H,9,16-20H2,1H3/q+1. The van der Waals surface area contributed by atoms with Crippen molar-refractivity contribution in [2.75, 3.05) is 33.3 Å². The van der Waals surface area contributed by atoms with Gasteiger partial charge in [0.2, 0.25) is 0 Å². The molecule has 2 atom stereocenters. The van der Waals surface area contributed by atoms with Gasteiger partial charge in [0, 0.05) is 24.0 Å². The third-order valence-corrected chi connectivity index (χ3v) is 6.69. The van der Waals surface area contributed by atoms with E-state index in [-0.39, 0.29) is 12.1 Å². The number of nitrogens with zero attached hydrogens (tertiary/aromatic N) is 1. The first-order chi connectivity index (χ1) is 16.1. The molecule has 5 rings (SSSR count). The molecule has 2 unspecified atom stereocenters. The maximum absolute atomic E-state index is 13.4. The van der Waals surface area contributed by atoms with Gasteiger partial charge < -0.3 is 18.7 Å². The van der Waals surface area contributed by atoms with Crippen molar-refractivity contribution in [1.82, 2.24) is 0 Å². The number of esters is 1. The highest BCUT2D eigenvalue weighted by molar-refractivity contribution is 5.85. The number of carbonyl (C=O) groups is 1. The van der Waals surface area contributed by atoms with Crippen molar-refractivity contribution >= 4 is 5.97 Å². The van der Waals surface area contributed by atoms with Crippen molar-refractivity contribution in [2.24, 2.45) is 0 Å². The van der Waals surface area contributed by atoms with Gasteiger partial charge in [0.05, 0.1) is 26.7 Å². The molecule has 33 heavy (non-hydrogen) atoms. The number of carbonyl (C=O) groups excluding carboxylic acids is 1. The fourth-order valence-corrected chi connectivity index (χ4v) is 4.98. The molecule has 3 aromatic rings. The molecule has 0 aliphatic carbocycles. The second-order valence-corrected chi connectivity index (χ2v) is 9.22. The van der Waals surface area contributed by atoms with Crippen molar-refractivity contribution in [2.45, 2.75) is 24.9 Å². The fraction of sp³-hybridized carbons (Fsp3) is 0.321. The van der Waals surface area contributed by atoms with Gasteiger partial charge in [0.15, 0.2) is 6.10 Å². The average Bonchev–Trinajstić information content (AvgIpc) is 3.21. The van der Waals surface area contributed by atoms with Crippen LogP contribution in [0.4, 0.5) is 0 Å². The Morgan fingerprint density at radius 3 is 2.27 bits per heavy atom. The summed E-state index contributed by atoms with van der Waals surface area (Å²) in [5.41, 5.74) is 1.74. The molecule has 0 saturated carbocycles. The van der Waals surface area contributed by atoms with Gasteiger partial charge in [-0.2, -0.15) is 0 Å². The minimum absolute atomic E-state index is 0.0697. The molecule has 0 amide bonds. The molecule has 170 valence electrons. The molecule has 3 aromatic carbocycles. The number of para-hydroxylation sites is 3. The highest BCUT2D eigenvalue weighted by Crippen LogP contribution is 2.44. The Balaban J connectivity index is 1.20. The van der Waals surface area contributed by atoms with Crippen LogP contribution in [0.5, 0.6) is 17.2 Å². The van der Waals surface area contributed by atoms with Crippen LogP contribution in [0.3, 0.4) is 0 Å². The molecule has 1 fully saturated rings. The van der Waals surface area contributed by atoms with E-state index < -0.39 is 5.92 Å². The summed E-state index contributed by atoms with van der Waals surface area (Å²) < 4.78 is 18.9. The maximum atomic E-state index is 13.4. The minimum Gasteiger partial charge on any atom is -0.493 e. The number of quaternary nitrogens is 1. The number of hydrogen-bond donors (Lipinski definition) is 0. The lowest BCUT2D eigenvalue weighted by molar-refractivity contribution is -0.899. The van der Waals surface area contributed by atoms with Crippen LogP contribution >= 0.6 is 0 Å². The van der Waals surface area contributed by atoms with E-state index in [1.807, 2.05) is 78.9 Å². The lowest BCUT2D eigenvalue weighted by Gasteiger charge is -2.30. The van der Waals surface area contributed by atoms with E-state index in [0.29, 0.717) is 6.61 Å². The van der Waals surface area contributed by atoms with Gasteiger partial charge in [-0.3, -0.25) is 4.79 Å². The second-order valence-electron chi connectivity index (χ2n) is 9.22. The summed E-state index contributed by atoms with van der Waals surface area (Å²) in [4.78, 5) is 13.4. The predicted octanol–water partition coefficient (Wildman–Crippen LogP) is 5.16. The first-order valence-electron chi connectivity index (χ1n) is 11.7. The number of hydrogen-bond acceptors (Lipinski definition) is 4. The zero-order chi connectivity index (χ0) is 22.7. The Morgan fingerprint density at radius 1 is 0.939 bits per heavy atom. The molecule has 0 aromatic heterocycles. The van der Waals surface area contributed by atoms with E-state index in [1.54, 1.807) is 0 Å². The van der Waals surface area contributed by atoms with E-state index in [2.05, 4.69) is 7.05 Å². The number of benzene rings is 3. The summed E-state index contributed by atoms with van der Waals surface area (Å²) in [6.07, 6.45) is 1.78. The SMILES string of the molecule is C[N+]1(CCCOc2ccccc2)CCC(OC(=O)C2c3ccccc3Oc3ccccc32)C1. The van der Waals surface area contributed by atoms with Gasteiger partial charge in [-0.15, -0.1) is 0 Å². The summed E-state index contributed by atoms with van der Waals surface area (Å²) >= 11 is 0. The number of ether oxygens (including phenoxy) is 3. The Hall–Kier alpha value is -3.31. The van der Waals surface area contributed by atoms with Gasteiger partial charge in [-0.25, -0.2) is 0 Å². The summed E-state index contributed by atoms with van der Waals surface area (Å²) in [5.74, 6) is 1.71. The van der Waals surface area contributed by atoms with E-state index in [0.717, 1.165) is 65.3 Å². The second kappa shape index (κ2) is 9.28. The highest BCUT2D eigenvalue weighted by atomic mass is 16.5. The third kappa shape index (κ3) is 4.74. The zero-order valence-corrected chi connectivity index (χ0v) is 19.0. The van der Waals surface area contributed by atoms with Crippen LogP contribution in [-0.2, 0) is 9.53 Å². The summed E-state index contributed by atoms with van der Waals surface area (Å²) in [7, 11) is 2.25. The van der Waals surface area contributed by atoms with Gasteiger partial charge in [-0.1, -0.05) is 54.6 Å². The Morgan fingerprint density at radius 2 is 1.58 bits per heavy atom. The number of rotatable bonds is 7. The van der Waals surface area contributed by atoms with Gasteiger partial charge in [0.1, 0.15) is 29.7 Å². The Kier molecular flexibility index (Phi) is 6.05. The van der Waals surface area contributed by atoms with Gasteiger partial charge in [0.25, 0.3) is 0 Å². The van der Waals surface area contributed by atoms with Crippen LogP contribution in [0.1, 0.15) is 29.9 Å². The summed E-state index contributed by atoms with van der Waals surface area (Å²) in [6, 6.07) is 25.4. The molecular weight excluding hydrogens is 414 g/mol. The van der Waals surface area contributed by atoms with Crippen molar-refractivity contribution in [3.05, 3.63) is 90.0 Å². The Labute approximate surface area is 195 Å². The quantitative estimate of drug-likeness (QED) is 0.287. The molecule has 1 saturated heterocycles. The zero-order valence-electron chi connectivity index (χ0n) is 19.0. The molecule has 0 spiro atoms. The molecule has 0 radical (unpaired) electrons. The highest BCUT2D eigenvalue weighted by Gasteiger charge is 2.40. The lowest BCUT2D eigenvalue weighted by Crippen LogP contribution is -2.44. The number of likely N-dealkylation sites (N-methyl/N-ethyl adjacent to an activating group) is 1. The van der Waals surface area contributed by atoms with E-state index in [1.165, 1.54) is 0 Å². The topological polar surface area (TPSA) is 44.8 Å². The smallest absolute Gasteiger partial charge is 0.318 e. The Bertz CT molecular complexity index is 1070. The van der Waals surface area contributed by atoms with E-state index >= 15 is 0 Å². The van der Waals surface area contributed by atoms with Crippen LogP contribution in [0, 0.1) is 0 Å². The molecular formula is C28H30NO4+. The van der Waals surface area contributed by atoms with Gasteiger partial charge in [-0.05, 0) is 24.3 Å². The van der Waals surface area contributed by atoms with Crippen LogP contribution < -0.4 is 9.47 Å². The van der Waals surface area contributed by atoms with Gasteiger partial charge >= 0.3 is 5.97 Å². The minimum atomic E-state index is -0.454. The molecule has 0 N–H and O–H groups in total. The monoisotopic (exact) mass is 444 g/mol. The normalized spacial score (nSPS) is 21.5. The molecule has 2 aliphatic rings. The fourth-order valence-electron chi connectivity index (χ4n) is 4.98. The van der Waals surface area contributed by atoms with E-state index in [9.17, 15) is 4.79 Å². The first-order valence-corrected chi connectivity index (χ1v) is 11.7. The molecule has 5 heteroatoms. The number of likely N-dealkylation sites (tertiary alicyclic amines) is 1. The average molecular weight is 445 g/mol. The van der Waals surface area contributed by atoms with Crippen LogP contribution in [-0.4, -0.2) is 49.8 Å². The summed E-state index contributed by atoms with van der Waals surface area (Å²) in [5, 5.41) is 0. The van der Waals surface area contributed by atoms with Crippen molar-refractivity contribution in [3.8, 4) is 17.2 Å². The maximum Gasteiger partial charge on any atom is 0.318 e. The third-order valence-electron chi connectivity index (χ3n) is 6.69. The summed E-state index contributed by atoms with van der Waals surface area (Å²) in [6.45, 7) is 3.54. The van der Waals surface area contributed by atoms with Crippen molar-refractivity contribution in [3.63, 3.8) is 0 Å².